The van der Waals surface area contributed by atoms with E-state index in [1.165, 1.54) is 24.6 Å². The van der Waals surface area contributed by atoms with E-state index in [0.29, 0.717) is 11.7 Å². The Morgan fingerprint density at radius 2 is 2.14 bits per heavy atom. The number of para-hydroxylation sites is 1. The van der Waals surface area contributed by atoms with Crippen molar-refractivity contribution in [3.8, 4) is 0 Å². The molecule has 5 heteroatoms. The van der Waals surface area contributed by atoms with Crippen LogP contribution in [0.4, 0.5) is 0 Å². The lowest BCUT2D eigenvalue weighted by atomic mass is 10.2. The monoisotopic (exact) mass is 315 g/mol. The number of amides is 1. The minimum Gasteiger partial charge on any atom is -0.353 e. The van der Waals surface area contributed by atoms with Gasteiger partial charge in [0.25, 0.3) is 0 Å². The second kappa shape index (κ2) is 6.65. The number of benzene rings is 1. The number of rotatable bonds is 6. The maximum Gasteiger partial charge on any atom is 0.230 e. The molecule has 0 saturated heterocycles. The first kappa shape index (κ1) is 15.3. The fourth-order valence-electron chi connectivity index (χ4n) is 2.25. The van der Waals surface area contributed by atoms with Gasteiger partial charge in [0.1, 0.15) is 10.9 Å². The molecule has 1 aliphatic rings. The molecular formula is C17H21N3OS. The van der Waals surface area contributed by atoms with Gasteiger partial charge in [0.15, 0.2) is 0 Å². The minimum atomic E-state index is 0.0648. The molecule has 4 nitrogen and oxygen atoms in total. The summed E-state index contributed by atoms with van der Waals surface area (Å²) in [5, 5.41) is 4.95. The predicted octanol–water partition coefficient (Wildman–Crippen LogP) is 3.51. The summed E-state index contributed by atoms with van der Waals surface area (Å²) in [6.07, 6.45) is 3.30. The van der Waals surface area contributed by atoms with Gasteiger partial charge in [-0.25, -0.2) is 9.97 Å². The molecule has 1 aliphatic carbocycles. The third-order valence-electron chi connectivity index (χ3n) is 3.89. The van der Waals surface area contributed by atoms with Crippen molar-refractivity contribution in [2.45, 2.75) is 50.1 Å². The lowest BCUT2D eigenvalue weighted by molar-refractivity contribution is -0.119. The zero-order valence-corrected chi connectivity index (χ0v) is 13.8. The van der Waals surface area contributed by atoms with Gasteiger partial charge in [-0.3, -0.25) is 4.79 Å². The van der Waals surface area contributed by atoms with Crippen LogP contribution in [0.5, 0.6) is 0 Å². The van der Waals surface area contributed by atoms with Crippen molar-refractivity contribution < 1.29 is 4.79 Å². The van der Waals surface area contributed by atoms with E-state index in [-0.39, 0.29) is 11.9 Å². The zero-order chi connectivity index (χ0) is 15.5. The highest BCUT2D eigenvalue weighted by Gasteiger charge is 2.27. The summed E-state index contributed by atoms with van der Waals surface area (Å²) in [4.78, 5) is 21.3. The van der Waals surface area contributed by atoms with Gasteiger partial charge >= 0.3 is 0 Å². The van der Waals surface area contributed by atoms with Crippen molar-refractivity contribution in [2.75, 3.05) is 5.75 Å². The number of nitrogens with one attached hydrogen (secondary N) is 1. The highest BCUT2D eigenvalue weighted by molar-refractivity contribution is 8.00. The summed E-state index contributed by atoms with van der Waals surface area (Å²) in [7, 11) is 0. The van der Waals surface area contributed by atoms with Crippen molar-refractivity contribution in [1.82, 2.24) is 15.3 Å². The number of hydrogen-bond donors (Lipinski definition) is 1. The van der Waals surface area contributed by atoms with Crippen LogP contribution in [0.15, 0.2) is 29.3 Å². The van der Waals surface area contributed by atoms with Crippen molar-refractivity contribution in [3.63, 3.8) is 0 Å². The first-order valence-corrected chi connectivity index (χ1v) is 8.84. The van der Waals surface area contributed by atoms with Gasteiger partial charge in [-0.15, -0.1) is 0 Å². The Kier molecular flexibility index (Phi) is 4.62. The van der Waals surface area contributed by atoms with Gasteiger partial charge in [0, 0.05) is 17.3 Å². The number of hydrogen-bond acceptors (Lipinski definition) is 4. The Morgan fingerprint density at radius 1 is 1.36 bits per heavy atom. The molecule has 116 valence electrons. The smallest absolute Gasteiger partial charge is 0.230 e. The molecule has 1 atom stereocenters. The molecular weight excluding hydrogens is 294 g/mol. The van der Waals surface area contributed by atoms with E-state index in [4.69, 9.17) is 4.98 Å². The van der Waals surface area contributed by atoms with Gasteiger partial charge in [0.2, 0.25) is 5.91 Å². The van der Waals surface area contributed by atoms with Crippen LogP contribution in [0.2, 0.25) is 0 Å². The Labute approximate surface area is 135 Å². The lowest BCUT2D eigenvalue weighted by Crippen LogP contribution is -2.33. The molecule has 1 heterocycles. The van der Waals surface area contributed by atoms with E-state index < -0.39 is 0 Å². The Morgan fingerprint density at radius 3 is 2.86 bits per heavy atom. The van der Waals surface area contributed by atoms with Gasteiger partial charge < -0.3 is 5.32 Å². The number of thioether (sulfide) groups is 1. The van der Waals surface area contributed by atoms with Crippen molar-refractivity contribution in [1.29, 1.82) is 0 Å². The van der Waals surface area contributed by atoms with Crippen LogP contribution in [-0.2, 0) is 4.79 Å². The molecule has 1 aromatic carbocycles. The quantitative estimate of drug-likeness (QED) is 0.654. The first-order chi connectivity index (χ1) is 10.7. The molecule has 1 amide bonds. The molecule has 0 aliphatic heterocycles. The highest BCUT2D eigenvalue weighted by Crippen LogP contribution is 2.39. The molecule has 1 N–H and O–H groups in total. The van der Waals surface area contributed by atoms with Crippen LogP contribution in [-0.4, -0.2) is 27.7 Å². The fraction of sp³-hybridized carbons (Fsp3) is 0.471. The van der Waals surface area contributed by atoms with E-state index in [2.05, 4.69) is 17.2 Å². The van der Waals surface area contributed by atoms with E-state index in [1.807, 2.05) is 31.2 Å². The van der Waals surface area contributed by atoms with Crippen molar-refractivity contribution in [3.05, 3.63) is 30.1 Å². The lowest BCUT2D eigenvalue weighted by Gasteiger charge is -2.11. The Bertz CT molecular complexity index is 685. The van der Waals surface area contributed by atoms with Crippen LogP contribution < -0.4 is 5.32 Å². The van der Waals surface area contributed by atoms with Crippen molar-refractivity contribution >= 4 is 28.6 Å². The van der Waals surface area contributed by atoms with Crippen LogP contribution in [0, 0.1) is 0 Å². The van der Waals surface area contributed by atoms with Crippen molar-refractivity contribution in [2.24, 2.45) is 0 Å². The second-order valence-electron chi connectivity index (χ2n) is 5.84. The average molecular weight is 315 g/mol. The molecule has 1 fully saturated rings. The molecule has 22 heavy (non-hydrogen) atoms. The largest absolute Gasteiger partial charge is 0.353 e. The minimum absolute atomic E-state index is 0.0648. The number of nitrogens with zero attached hydrogens (tertiary/aromatic N) is 2. The molecule has 1 unspecified atom stereocenters. The summed E-state index contributed by atoms with van der Waals surface area (Å²) >= 11 is 1.51. The molecule has 2 aromatic rings. The number of carbonyl (C=O) groups excluding carboxylic acids is 1. The van der Waals surface area contributed by atoms with Crippen LogP contribution in [0.1, 0.15) is 44.9 Å². The molecule has 1 saturated carbocycles. The molecule has 0 bridgehead atoms. The normalized spacial score (nSPS) is 15.7. The summed E-state index contributed by atoms with van der Waals surface area (Å²) in [5.74, 6) is 1.91. The van der Waals surface area contributed by atoms with Crippen LogP contribution >= 0.6 is 11.8 Å². The molecule has 1 aromatic heterocycles. The first-order valence-electron chi connectivity index (χ1n) is 7.86. The highest BCUT2D eigenvalue weighted by atomic mass is 32.2. The van der Waals surface area contributed by atoms with E-state index in [0.717, 1.165) is 28.2 Å². The summed E-state index contributed by atoms with van der Waals surface area (Å²) in [6.45, 7) is 4.09. The van der Waals surface area contributed by atoms with Crippen LogP contribution in [0.25, 0.3) is 10.9 Å². The number of carbonyl (C=O) groups is 1. The summed E-state index contributed by atoms with van der Waals surface area (Å²) in [5.41, 5.74) is 0.976. The van der Waals surface area contributed by atoms with Gasteiger partial charge in [-0.05, 0) is 32.3 Å². The molecule has 0 spiro atoms. The Balaban J connectivity index is 1.78. The molecule has 0 radical (unpaired) electrons. The van der Waals surface area contributed by atoms with Gasteiger partial charge in [-0.1, -0.05) is 36.9 Å². The third-order valence-corrected chi connectivity index (χ3v) is 4.88. The topological polar surface area (TPSA) is 54.9 Å². The fourth-order valence-corrected chi connectivity index (χ4v) is 3.09. The second-order valence-corrected chi connectivity index (χ2v) is 6.81. The van der Waals surface area contributed by atoms with Gasteiger partial charge in [-0.2, -0.15) is 0 Å². The number of fused-ring (bicyclic) bond motifs is 1. The van der Waals surface area contributed by atoms with Crippen LogP contribution in [0.3, 0.4) is 0 Å². The molecule has 3 rings (SSSR count). The third kappa shape index (κ3) is 3.58. The Hall–Kier alpha value is -1.62. The standard InChI is InChI=1S/C17H21N3OS/c1-3-11(2)18-15(21)10-22-17-13-6-4-5-7-14(13)19-16(20-17)12-8-9-12/h4-7,11-12H,3,8-10H2,1-2H3,(H,18,21). The predicted molar refractivity (Wildman–Crippen MR) is 90.1 cm³/mol. The zero-order valence-electron chi connectivity index (χ0n) is 13.0. The van der Waals surface area contributed by atoms with E-state index >= 15 is 0 Å². The maximum atomic E-state index is 12.0. The maximum absolute atomic E-state index is 12.0. The van der Waals surface area contributed by atoms with Gasteiger partial charge in [0.05, 0.1) is 11.3 Å². The summed E-state index contributed by atoms with van der Waals surface area (Å²) in [6, 6.07) is 8.26. The SMILES string of the molecule is CCC(C)NC(=O)CSc1nc(C2CC2)nc2ccccc12. The summed E-state index contributed by atoms with van der Waals surface area (Å²) < 4.78 is 0. The van der Waals surface area contributed by atoms with E-state index in [1.54, 1.807) is 0 Å². The van der Waals surface area contributed by atoms with E-state index in [9.17, 15) is 4.79 Å². The average Bonchev–Trinajstić information content (AvgIpc) is 3.37. The number of aromatic nitrogens is 2.